The lowest BCUT2D eigenvalue weighted by atomic mass is 9.92. The molecule has 0 aliphatic carbocycles. The summed E-state index contributed by atoms with van der Waals surface area (Å²) in [6.45, 7) is 4.18. The van der Waals surface area contributed by atoms with Crippen LogP contribution in [0.2, 0.25) is 0 Å². The monoisotopic (exact) mass is 308 g/mol. The molecule has 0 aromatic heterocycles. The number of rotatable bonds is 6. The summed E-state index contributed by atoms with van der Waals surface area (Å²) in [6.07, 6.45) is 2.80. The zero-order chi connectivity index (χ0) is 16.1. The van der Waals surface area contributed by atoms with Crippen LogP contribution in [0.5, 0.6) is 0 Å². The number of aryl methyl sites for hydroxylation is 1. The number of carbonyl (C=O) groups excluding carboxylic acids is 1. The Morgan fingerprint density at radius 1 is 1.55 bits per heavy atom. The maximum absolute atomic E-state index is 13.1. The third-order valence-corrected chi connectivity index (χ3v) is 4.42. The van der Waals surface area contributed by atoms with Crippen LogP contribution in [0.1, 0.15) is 42.9 Å². The van der Waals surface area contributed by atoms with Crippen molar-refractivity contribution in [3.05, 3.63) is 35.1 Å². The Hall–Kier alpha value is -1.46. The molecular formula is C17H25FN2O2. The number of nitrogens with zero attached hydrogens (tertiary/aromatic N) is 1. The van der Waals surface area contributed by atoms with Crippen LogP contribution in [0.25, 0.3) is 0 Å². The summed E-state index contributed by atoms with van der Waals surface area (Å²) in [6, 6.07) is 4.49. The zero-order valence-corrected chi connectivity index (χ0v) is 13.1. The van der Waals surface area contributed by atoms with E-state index in [2.05, 4.69) is 4.90 Å². The number of amides is 1. The van der Waals surface area contributed by atoms with Gasteiger partial charge in [0.15, 0.2) is 0 Å². The molecule has 122 valence electrons. The first kappa shape index (κ1) is 16.9. The second-order valence-electron chi connectivity index (χ2n) is 6.29. The molecule has 1 heterocycles. The molecule has 2 atom stereocenters. The summed E-state index contributed by atoms with van der Waals surface area (Å²) in [5, 5.41) is 10.4. The number of aliphatic hydroxyl groups is 1. The third-order valence-electron chi connectivity index (χ3n) is 4.42. The van der Waals surface area contributed by atoms with Crippen LogP contribution in [-0.4, -0.2) is 35.5 Å². The van der Waals surface area contributed by atoms with Gasteiger partial charge >= 0.3 is 0 Å². The van der Waals surface area contributed by atoms with Gasteiger partial charge in [0.05, 0.1) is 6.10 Å². The highest BCUT2D eigenvalue weighted by Crippen LogP contribution is 2.25. The molecular weight excluding hydrogens is 283 g/mol. The minimum atomic E-state index is -0.615. The third kappa shape index (κ3) is 4.78. The first-order valence-electron chi connectivity index (χ1n) is 7.90. The summed E-state index contributed by atoms with van der Waals surface area (Å²) in [5.74, 6) is -0.0696. The molecule has 3 N–H and O–H groups in total. The van der Waals surface area contributed by atoms with Crippen LogP contribution in [0.4, 0.5) is 4.39 Å². The fourth-order valence-electron chi connectivity index (χ4n) is 3.26. The Kier molecular flexibility index (Phi) is 5.91. The standard InChI is InChI=1S/C17H25FN2O2/c1-12-9-14(18)5-6-15(12)16(21)11-20-8-2-3-13(10-20)4-7-17(19)22/h5-6,9,13,16,21H,2-4,7-8,10-11H2,1H3,(H2,19,22). The predicted molar refractivity (Wildman–Crippen MR) is 83.7 cm³/mol. The zero-order valence-electron chi connectivity index (χ0n) is 13.1. The highest BCUT2D eigenvalue weighted by molar-refractivity contribution is 5.73. The summed E-state index contributed by atoms with van der Waals surface area (Å²) in [4.78, 5) is 13.1. The quantitative estimate of drug-likeness (QED) is 0.846. The normalized spacial score (nSPS) is 20.8. The van der Waals surface area contributed by atoms with E-state index in [1.54, 1.807) is 6.07 Å². The molecule has 1 aromatic rings. The van der Waals surface area contributed by atoms with Gasteiger partial charge in [-0.15, -0.1) is 0 Å². The van der Waals surface area contributed by atoms with E-state index in [4.69, 9.17) is 5.73 Å². The summed E-state index contributed by atoms with van der Waals surface area (Å²) in [5.41, 5.74) is 6.76. The van der Waals surface area contributed by atoms with E-state index >= 15 is 0 Å². The van der Waals surface area contributed by atoms with Crippen LogP contribution in [0, 0.1) is 18.7 Å². The summed E-state index contributed by atoms with van der Waals surface area (Å²) < 4.78 is 13.1. The maximum atomic E-state index is 13.1. The fraction of sp³-hybridized carbons (Fsp3) is 0.588. The topological polar surface area (TPSA) is 66.6 Å². The van der Waals surface area contributed by atoms with E-state index in [1.807, 2.05) is 6.92 Å². The van der Waals surface area contributed by atoms with Crippen LogP contribution in [0.15, 0.2) is 18.2 Å². The van der Waals surface area contributed by atoms with Gasteiger partial charge in [-0.2, -0.15) is 0 Å². The molecule has 4 nitrogen and oxygen atoms in total. The van der Waals surface area contributed by atoms with Gasteiger partial charge in [-0.25, -0.2) is 4.39 Å². The predicted octanol–water partition coefficient (Wildman–Crippen LogP) is 2.15. The molecule has 22 heavy (non-hydrogen) atoms. The summed E-state index contributed by atoms with van der Waals surface area (Å²) in [7, 11) is 0. The van der Waals surface area contributed by atoms with Crippen molar-refractivity contribution in [2.45, 2.75) is 38.7 Å². The number of likely N-dealkylation sites (tertiary alicyclic amines) is 1. The number of nitrogens with two attached hydrogens (primary N) is 1. The van der Waals surface area contributed by atoms with Crippen molar-refractivity contribution in [1.82, 2.24) is 4.90 Å². The molecule has 1 amide bonds. The molecule has 1 aliphatic heterocycles. The molecule has 1 aromatic carbocycles. The smallest absolute Gasteiger partial charge is 0.217 e. The van der Waals surface area contributed by atoms with Crippen LogP contribution < -0.4 is 5.73 Å². The van der Waals surface area contributed by atoms with Gasteiger partial charge < -0.3 is 15.7 Å². The van der Waals surface area contributed by atoms with Crippen LogP contribution in [0.3, 0.4) is 0 Å². The SMILES string of the molecule is Cc1cc(F)ccc1C(O)CN1CCCC(CCC(N)=O)C1. The van der Waals surface area contributed by atoms with E-state index in [1.165, 1.54) is 12.1 Å². The maximum Gasteiger partial charge on any atom is 0.217 e. The number of benzene rings is 1. The van der Waals surface area contributed by atoms with E-state index in [9.17, 15) is 14.3 Å². The molecule has 0 saturated carbocycles. The average Bonchev–Trinajstić information content (AvgIpc) is 2.45. The Balaban J connectivity index is 1.90. The Morgan fingerprint density at radius 3 is 3.00 bits per heavy atom. The lowest BCUT2D eigenvalue weighted by molar-refractivity contribution is -0.118. The average molecular weight is 308 g/mol. The van der Waals surface area contributed by atoms with Crippen molar-refractivity contribution >= 4 is 5.91 Å². The second-order valence-corrected chi connectivity index (χ2v) is 6.29. The Bertz CT molecular complexity index is 521. The highest BCUT2D eigenvalue weighted by atomic mass is 19.1. The number of primary amides is 1. The van der Waals surface area contributed by atoms with Gasteiger partial charge in [0.2, 0.25) is 5.91 Å². The van der Waals surface area contributed by atoms with Crippen LogP contribution >= 0.6 is 0 Å². The molecule has 0 radical (unpaired) electrons. The molecule has 5 heteroatoms. The van der Waals surface area contributed by atoms with Gasteiger partial charge in [-0.1, -0.05) is 6.07 Å². The molecule has 1 fully saturated rings. The number of halogens is 1. The highest BCUT2D eigenvalue weighted by Gasteiger charge is 2.23. The van der Waals surface area contributed by atoms with E-state index < -0.39 is 6.10 Å². The van der Waals surface area contributed by atoms with E-state index in [-0.39, 0.29) is 11.7 Å². The van der Waals surface area contributed by atoms with Gasteiger partial charge in [-0.3, -0.25) is 4.79 Å². The number of carbonyl (C=O) groups is 1. The second kappa shape index (κ2) is 7.70. The molecule has 1 aliphatic rings. The molecule has 2 rings (SSSR count). The fourth-order valence-corrected chi connectivity index (χ4v) is 3.26. The Labute approximate surface area is 131 Å². The molecule has 0 spiro atoms. The van der Waals surface area contributed by atoms with Crippen molar-refractivity contribution in [2.75, 3.05) is 19.6 Å². The van der Waals surface area contributed by atoms with Crippen molar-refractivity contribution < 1.29 is 14.3 Å². The minimum absolute atomic E-state index is 0.251. The van der Waals surface area contributed by atoms with Crippen molar-refractivity contribution in [3.63, 3.8) is 0 Å². The van der Waals surface area contributed by atoms with Crippen molar-refractivity contribution in [1.29, 1.82) is 0 Å². The van der Waals surface area contributed by atoms with Gasteiger partial charge in [0.1, 0.15) is 5.82 Å². The number of hydrogen-bond acceptors (Lipinski definition) is 3. The molecule has 1 saturated heterocycles. The summed E-state index contributed by atoms with van der Waals surface area (Å²) >= 11 is 0. The van der Waals surface area contributed by atoms with E-state index in [0.717, 1.165) is 43.5 Å². The number of hydrogen-bond donors (Lipinski definition) is 2. The van der Waals surface area contributed by atoms with Gasteiger partial charge in [0.25, 0.3) is 0 Å². The van der Waals surface area contributed by atoms with Gasteiger partial charge in [0, 0.05) is 19.5 Å². The number of aliphatic hydroxyl groups excluding tert-OH is 1. The lowest BCUT2D eigenvalue weighted by Gasteiger charge is -2.34. The van der Waals surface area contributed by atoms with Crippen molar-refractivity contribution in [2.24, 2.45) is 11.7 Å². The molecule has 0 bridgehead atoms. The van der Waals surface area contributed by atoms with Gasteiger partial charge in [-0.05, 0) is 61.9 Å². The number of β-amino-alcohol motifs (C(OH)–C–C–N with tert-alkyl or cyclic N) is 1. The minimum Gasteiger partial charge on any atom is -0.387 e. The first-order valence-corrected chi connectivity index (χ1v) is 7.90. The number of piperidine rings is 1. The molecule has 2 unspecified atom stereocenters. The van der Waals surface area contributed by atoms with Crippen LogP contribution in [-0.2, 0) is 4.79 Å². The lowest BCUT2D eigenvalue weighted by Crippen LogP contribution is -2.38. The Morgan fingerprint density at radius 2 is 2.32 bits per heavy atom. The van der Waals surface area contributed by atoms with E-state index in [0.29, 0.717) is 18.9 Å². The first-order chi connectivity index (χ1) is 10.5. The largest absolute Gasteiger partial charge is 0.387 e. The van der Waals surface area contributed by atoms with Crippen molar-refractivity contribution in [3.8, 4) is 0 Å².